The number of aliphatic carboxylic acids is 1. The van der Waals surface area contributed by atoms with Gasteiger partial charge in [0, 0.05) is 0 Å². The first-order chi connectivity index (χ1) is 3.89. The first-order valence-corrected chi connectivity index (χ1v) is 3.21. The predicted molar refractivity (Wildman–Crippen MR) is 30.8 cm³/mol. The third kappa shape index (κ3) is 1.75. The molecule has 9 heavy (non-hydrogen) atoms. The van der Waals surface area contributed by atoms with Crippen LogP contribution in [0.25, 0.3) is 0 Å². The lowest BCUT2D eigenvalue weighted by atomic mass is 10.3. The standard InChI is InChI=1S/C3H8O5Si/c4-1(5)3(8,9)2(6)7/h1,4-5,8H,9H3,(H,6,7). The first kappa shape index (κ1) is 8.57. The largest absolute Gasteiger partial charge is 0.479 e. The van der Waals surface area contributed by atoms with Gasteiger partial charge in [-0.3, -0.25) is 0 Å². The predicted octanol–water partition coefficient (Wildman–Crippen LogP) is -3.56. The van der Waals surface area contributed by atoms with E-state index in [9.17, 15) is 4.79 Å². The molecule has 0 spiro atoms. The summed E-state index contributed by atoms with van der Waals surface area (Å²) in [5.74, 6) is -1.61. The van der Waals surface area contributed by atoms with Crippen LogP contribution in [0.4, 0.5) is 0 Å². The van der Waals surface area contributed by atoms with Gasteiger partial charge in [0.05, 0.1) is 10.2 Å². The van der Waals surface area contributed by atoms with Crippen molar-refractivity contribution in [2.45, 2.75) is 11.5 Å². The van der Waals surface area contributed by atoms with Crippen LogP contribution < -0.4 is 0 Å². The van der Waals surface area contributed by atoms with Crippen molar-refractivity contribution in [2.75, 3.05) is 0 Å². The Balaban J connectivity index is 4.19. The van der Waals surface area contributed by atoms with Gasteiger partial charge >= 0.3 is 5.97 Å². The van der Waals surface area contributed by atoms with Crippen molar-refractivity contribution in [3.8, 4) is 0 Å². The summed E-state index contributed by atoms with van der Waals surface area (Å²) in [6.45, 7) is 0. The molecule has 54 valence electrons. The summed E-state index contributed by atoms with van der Waals surface area (Å²) in [6, 6.07) is 0. The zero-order valence-corrected chi connectivity index (χ0v) is 6.77. The van der Waals surface area contributed by atoms with E-state index in [1.54, 1.807) is 0 Å². The summed E-state index contributed by atoms with van der Waals surface area (Å²) in [4.78, 5) is 9.93. The Bertz CT molecular complexity index is 119. The third-order valence-corrected chi connectivity index (χ3v) is 1.88. The fourth-order valence-electron chi connectivity index (χ4n) is 0.110. The lowest BCUT2D eigenvalue weighted by molar-refractivity contribution is -0.183. The highest BCUT2D eigenvalue weighted by molar-refractivity contribution is 6.25. The van der Waals surface area contributed by atoms with E-state index in [1.807, 2.05) is 0 Å². The molecule has 1 atom stereocenters. The molecule has 0 aliphatic carbocycles. The molecular formula is C3H8O5Si. The van der Waals surface area contributed by atoms with Gasteiger partial charge in [-0.05, 0) is 0 Å². The number of carboxylic acids is 1. The Morgan fingerprint density at radius 3 is 1.89 bits per heavy atom. The molecule has 0 aromatic heterocycles. The second kappa shape index (κ2) is 2.44. The van der Waals surface area contributed by atoms with Gasteiger partial charge in [-0.15, -0.1) is 0 Å². The van der Waals surface area contributed by atoms with E-state index in [4.69, 9.17) is 20.4 Å². The maximum atomic E-state index is 9.93. The highest BCUT2D eigenvalue weighted by Gasteiger charge is 2.36. The van der Waals surface area contributed by atoms with Gasteiger partial charge in [0.15, 0.2) is 11.5 Å². The molecule has 0 rings (SSSR count). The van der Waals surface area contributed by atoms with Crippen LogP contribution in [0.2, 0.25) is 0 Å². The first-order valence-electron chi connectivity index (χ1n) is 2.21. The normalized spacial score (nSPS) is 17.8. The third-order valence-electron chi connectivity index (χ3n) is 0.936. The molecule has 0 saturated heterocycles. The number of aliphatic hydroxyl groups is 3. The number of carboxylic acid groups (broad SMARTS) is 1. The number of aliphatic hydroxyl groups excluding tert-OH is 1. The van der Waals surface area contributed by atoms with Crippen molar-refractivity contribution >= 4 is 16.2 Å². The minimum atomic E-state index is -2.33. The highest BCUT2D eigenvalue weighted by Crippen LogP contribution is 2.01. The summed E-state index contributed by atoms with van der Waals surface area (Å²) in [7, 11) is -0.227. The maximum Gasteiger partial charge on any atom is 0.336 e. The van der Waals surface area contributed by atoms with Crippen molar-refractivity contribution in [3.05, 3.63) is 0 Å². The summed E-state index contributed by atoms with van der Waals surface area (Å²) >= 11 is 0. The van der Waals surface area contributed by atoms with Crippen LogP contribution in [-0.4, -0.2) is 48.2 Å². The van der Waals surface area contributed by atoms with Gasteiger partial charge < -0.3 is 20.4 Å². The van der Waals surface area contributed by atoms with Crippen LogP contribution in [0.3, 0.4) is 0 Å². The van der Waals surface area contributed by atoms with Crippen LogP contribution >= 0.6 is 0 Å². The molecule has 0 heterocycles. The van der Waals surface area contributed by atoms with Crippen molar-refractivity contribution in [1.82, 2.24) is 0 Å². The molecule has 4 N–H and O–H groups in total. The molecule has 0 aliphatic heterocycles. The summed E-state index contributed by atoms with van der Waals surface area (Å²) in [5.41, 5.74) is 0. The monoisotopic (exact) mass is 152 g/mol. The second-order valence-electron chi connectivity index (χ2n) is 1.83. The molecule has 5 nitrogen and oxygen atoms in total. The number of rotatable bonds is 2. The average Bonchev–Trinajstić information content (AvgIpc) is 1.65. The van der Waals surface area contributed by atoms with E-state index in [1.165, 1.54) is 0 Å². The molecule has 0 aliphatic rings. The quantitative estimate of drug-likeness (QED) is 0.242. The topological polar surface area (TPSA) is 98.0 Å². The molecule has 0 saturated carbocycles. The Labute approximate surface area is 54.0 Å². The fourth-order valence-corrected chi connectivity index (χ4v) is 0.110. The van der Waals surface area contributed by atoms with Crippen LogP contribution in [0.5, 0.6) is 0 Å². The maximum absolute atomic E-state index is 9.93. The van der Waals surface area contributed by atoms with Gasteiger partial charge in [-0.2, -0.15) is 0 Å². The molecule has 0 aromatic rings. The zero-order valence-electron chi connectivity index (χ0n) is 4.77. The molecule has 1 unspecified atom stereocenters. The van der Waals surface area contributed by atoms with E-state index in [-0.39, 0.29) is 10.2 Å². The van der Waals surface area contributed by atoms with Crippen molar-refractivity contribution in [1.29, 1.82) is 0 Å². The van der Waals surface area contributed by atoms with Crippen LogP contribution in [0, 0.1) is 0 Å². The van der Waals surface area contributed by atoms with Crippen LogP contribution in [0.15, 0.2) is 0 Å². The SMILES string of the molecule is O=C(O)C(O)([SiH3])C(O)O. The van der Waals surface area contributed by atoms with E-state index in [2.05, 4.69) is 0 Å². The van der Waals surface area contributed by atoms with Gasteiger partial charge in [-0.25, -0.2) is 4.79 Å². The number of hydrogen-bond acceptors (Lipinski definition) is 4. The minimum Gasteiger partial charge on any atom is -0.479 e. The van der Waals surface area contributed by atoms with Crippen molar-refractivity contribution in [3.63, 3.8) is 0 Å². The van der Waals surface area contributed by atoms with Gasteiger partial charge in [0.1, 0.15) is 0 Å². The van der Waals surface area contributed by atoms with Crippen molar-refractivity contribution in [2.24, 2.45) is 0 Å². The smallest absolute Gasteiger partial charge is 0.336 e. The summed E-state index contributed by atoms with van der Waals surface area (Å²) in [6.07, 6.45) is -2.19. The Morgan fingerprint density at radius 1 is 1.56 bits per heavy atom. The molecule has 0 aromatic carbocycles. The Morgan fingerprint density at radius 2 is 1.89 bits per heavy atom. The second-order valence-corrected chi connectivity index (χ2v) is 3.35. The van der Waals surface area contributed by atoms with E-state index >= 15 is 0 Å². The molecular weight excluding hydrogens is 144 g/mol. The Hall–Kier alpha value is -0.433. The summed E-state index contributed by atoms with van der Waals surface area (Å²) < 4.78 is 0. The highest BCUT2D eigenvalue weighted by atomic mass is 28.1. The van der Waals surface area contributed by atoms with Crippen LogP contribution in [-0.2, 0) is 4.79 Å². The molecule has 0 radical (unpaired) electrons. The molecule has 0 bridgehead atoms. The Kier molecular flexibility index (Phi) is 2.32. The lowest BCUT2D eigenvalue weighted by Crippen LogP contribution is -2.50. The fraction of sp³-hybridized carbons (Fsp3) is 0.667. The molecule has 6 heteroatoms. The van der Waals surface area contributed by atoms with E-state index < -0.39 is 17.5 Å². The zero-order chi connectivity index (χ0) is 7.65. The minimum absolute atomic E-state index is 0.227. The van der Waals surface area contributed by atoms with E-state index in [0.29, 0.717) is 0 Å². The average molecular weight is 152 g/mol. The molecule has 0 fully saturated rings. The van der Waals surface area contributed by atoms with Crippen LogP contribution in [0.1, 0.15) is 0 Å². The van der Waals surface area contributed by atoms with Crippen molar-refractivity contribution < 1.29 is 25.2 Å². The number of hydrogen-bond donors (Lipinski definition) is 4. The van der Waals surface area contributed by atoms with Gasteiger partial charge in [0.25, 0.3) is 0 Å². The lowest BCUT2D eigenvalue weighted by Gasteiger charge is -2.19. The van der Waals surface area contributed by atoms with Gasteiger partial charge in [0.2, 0.25) is 0 Å². The number of carbonyl (C=O) groups is 1. The molecule has 0 amide bonds. The summed E-state index contributed by atoms with van der Waals surface area (Å²) in [5, 5.41) is 30.8. The van der Waals surface area contributed by atoms with E-state index in [0.717, 1.165) is 0 Å². The van der Waals surface area contributed by atoms with Gasteiger partial charge in [-0.1, -0.05) is 0 Å².